The molecular formula is C34H40BN5O4. The summed E-state index contributed by atoms with van der Waals surface area (Å²) in [6.45, 7) is 15.6. The Morgan fingerprint density at radius 2 is 1.52 bits per heavy atom. The zero-order valence-electron chi connectivity index (χ0n) is 26.5. The molecule has 3 aromatic carbocycles. The summed E-state index contributed by atoms with van der Waals surface area (Å²) < 4.78 is 18.6. The van der Waals surface area contributed by atoms with Crippen molar-refractivity contribution in [3.05, 3.63) is 92.9 Å². The van der Waals surface area contributed by atoms with Gasteiger partial charge in [0.2, 0.25) is 0 Å². The number of azide groups is 1. The SMILES string of the molecule is Cc1c(CN2CCN(C(=O)OCC3c4ccccc4-c4ccccc43)CC2)cc(B2OC(C)(C)C(C)(C)O2)c(C)c1N=[N+]=[N-]. The number of benzene rings is 3. The molecule has 44 heavy (non-hydrogen) atoms. The van der Waals surface area contributed by atoms with E-state index in [4.69, 9.17) is 14.0 Å². The van der Waals surface area contributed by atoms with Crippen molar-refractivity contribution >= 4 is 24.4 Å². The lowest BCUT2D eigenvalue weighted by Crippen LogP contribution is -2.48. The van der Waals surface area contributed by atoms with Gasteiger partial charge in [0, 0.05) is 49.2 Å². The van der Waals surface area contributed by atoms with Crippen molar-refractivity contribution in [2.75, 3.05) is 32.8 Å². The first-order valence-electron chi connectivity index (χ1n) is 15.4. The van der Waals surface area contributed by atoms with Crippen LogP contribution in [0.5, 0.6) is 0 Å². The molecule has 1 aliphatic carbocycles. The minimum absolute atomic E-state index is 0.0422. The molecule has 1 amide bonds. The average Bonchev–Trinajstić information content (AvgIpc) is 3.44. The summed E-state index contributed by atoms with van der Waals surface area (Å²) in [5.74, 6) is 0.0422. The normalized spacial score (nSPS) is 19.0. The predicted molar refractivity (Wildman–Crippen MR) is 172 cm³/mol. The Balaban J connectivity index is 1.11. The van der Waals surface area contributed by atoms with Crippen LogP contribution in [0.3, 0.4) is 0 Å². The van der Waals surface area contributed by atoms with E-state index in [1.54, 1.807) is 4.90 Å². The zero-order chi connectivity index (χ0) is 31.2. The molecule has 0 radical (unpaired) electrons. The lowest BCUT2D eigenvalue weighted by atomic mass is 9.74. The number of carbonyl (C=O) groups excluding carboxylic acids is 1. The Labute approximate surface area is 259 Å². The van der Waals surface area contributed by atoms with Crippen molar-refractivity contribution in [2.45, 2.75) is 65.2 Å². The van der Waals surface area contributed by atoms with E-state index in [0.717, 1.165) is 22.2 Å². The van der Waals surface area contributed by atoms with E-state index in [0.29, 0.717) is 45.0 Å². The molecule has 0 unspecified atom stereocenters. The van der Waals surface area contributed by atoms with Crippen molar-refractivity contribution in [1.29, 1.82) is 0 Å². The van der Waals surface area contributed by atoms with Gasteiger partial charge in [-0.15, -0.1) is 0 Å². The quantitative estimate of drug-likeness (QED) is 0.139. The highest BCUT2D eigenvalue weighted by molar-refractivity contribution is 6.62. The maximum atomic E-state index is 13.2. The molecule has 10 heteroatoms. The Hall–Kier alpha value is -3.82. The molecule has 0 aromatic heterocycles. The van der Waals surface area contributed by atoms with Gasteiger partial charge >= 0.3 is 13.2 Å². The van der Waals surface area contributed by atoms with Crippen molar-refractivity contribution < 1.29 is 18.8 Å². The largest absolute Gasteiger partial charge is 0.495 e. The number of piperazine rings is 1. The van der Waals surface area contributed by atoms with Gasteiger partial charge in [0.05, 0.1) is 11.2 Å². The van der Waals surface area contributed by atoms with Crippen LogP contribution in [-0.4, -0.2) is 67.0 Å². The molecule has 228 valence electrons. The summed E-state index contributed by atoms with van der Waals surface area (Å²) in [5.41, 5.74) is 17.6. The first kappa shape index (κ1) is 30.2. The van der Waals surface area contributed by atoms with Crippen LogP contribution < -0.4 is 5.46 Å². The molecule has 3 aliphatic rings. The van der Waals surface area contributed by atoms with Gasteiger partial charge in [-0.25, -0.2) is 4.79 Å². The molecule has 0 N–H and O–H groups in total. The first-order chi connectivity index (χ1) is 21.0. The molecule has 0 bridgehead atoms. The van der Waals surface area contributed by atoms with Gasteiger partial charge < -0.3 is 18.9 Å². The Morgan fingerprint density at radius 1 is 0.955 bits per heavy atom. The van der Waals surface area contributed by atoms with Crippen LogP contribution >= 0.6 is 0 Å². The number of carbonyl (C=O) groups is 1. The molecule has 2 fully saturated rings. The molecule has 9 nitrogen and oxygen atoms in total. The summed E-state index contributed by atoms with van der Waals surface area (Å²) >= 11 is 0. The topological polar surface area (TPSA) is 100 Å². The minimum Gasteiger partial charge on any atom is -0.448 e. The number of hydrogen-bond acceptors (Lipinski definition) is 6. The van der Waals surface area contributed by atoms with Gasteiger partial charge in [0.25, 0.3) is 0 Å². The maximum absolute atomic E-state index is 13.2. The first-order valence-corrected chi connectivity index (χ1v) is 15.4. The van der Waals surface area contributed by atoms with Gasteiger partial charge in [-0.2, -0.15) is 0 Å². The smallest absolute Gasteiger partial charge is 0.448 e. The van der Waals surface area contributed by atoms with Gasteiger partial charge in [-0.3, -0.25) is 4.90 Å². The number of rotatable bonds is 6. The fourth-order valence-electron chi connectivity index (χ4n) is 6.56. The second-order valence-electron chi connectivity index (χ2n) is 13.1. The molecule has 3 aromatic rings. The summed E-state index contributed by atoms with van der Waals surface area (Å²) in [5, 5.41) is 4.06. The van der Waals surface area contributed by atoms with E-state index in [-0.39, 0.29) is 12.0 Å². The molecule has 2 saturated heterocycles. The zero-order valence-corrected chi connectivity index (χ0v) is 26.5. The summed E-state index contributed by atoms with van der Waals surface area (Å²) in [6, 6.07) is 18.9. The van der Waals surface area contributed by atoms with E-state index in [2.05, 4.69) is 57.4 Å². The van der Waals surface area contributed by atoms with Crippen LogP contribution in [0.4, 0.5) is 10.5 Å². The van der Waals surface area contributed by atoms with E-state index in [1.807, 2.05) is 53.7 Å². The number of ether oxygens (including phenoxy) is 1. The van der Waals surface area contributed by atoms with Crippen LogP contribution in [0.2, 0.25) is 0 Å². The summed E-state index contributed by atoms with van der Waals surface area (Å²) in [6.07, 6.45) is -0.272. The molecule has 0 spiro atoms. The highest BCUT2D eigenvalue weighted by Gasteiger charge is 2.52. The lowest BCUT2D eigenvalue weighted by Gasteiger charge is -2.35. The standard InChI is InChI=1S/C34H40BN5O4/c1-22-24(19-30(23(2)31(22)37-38-36)35-43-33(3,4)34(5,6)44-35)20-39-15-17-40(18-16-39)32(41)42-21-29-27-13-9-7-11-25(27)26-12-8-10-14-28(26)29/h7-14,19,29H,15-18,20-21H2,1-6H3. The van der Waals surface area contributed by atoms with Crippen LogP contribution in [0, 0.1) is 13.8 Å². The monoisotopic (exact) mass is 593 g/mol. The highest BCUT2D eigenvalue weighted by atomic mass is 16.7. The number of amides is 1. The Kier molecular flexibility index (Phi) is 7.97. The second-order valence-corrected chi connectivity index (χ2v) is 13.1. The van der Waals surface area contributed by atoms with Crippen LogP contribution in [0.15, 0.2) is 59.7 Å². The Bertz CT molecular complexity index is 1580. The third-order valence-corrected chi connectivity index (χ3v) is 9.97. The molecule has 2 heterocycles. The summed E-state index contributed by atoms with van der Waals surface area (Å²) in [4.78, 5) is 20.4. The van der Waals surface area contributed by atoms with Crippen LogP contribution in [0.25, 0.3) is 21.6 Å². The fraction of sp³-hybridized carbons (Fsp3) is 0.441. The number of fused-ring (bicyclic) bond motifs is 3. The van der Waals surface area contributed by atoms with Gasteiger partial charge in [-0.05, 0) is 91.5 Å². The lowest BCUT2D eigenvalue weighted by molar-refractivity contribution is 0.00578. The summed E-state index contributed by atoms with van der Waals surface area (Å²) in [7, 11) is -0.558. The predicted octanol–water partition coefficient (Wildman–Crippen LogP) is 6.61. The van der Waals surface area contributed by atoms with Gasteiger partial charge in [-0.1, -0.05) is 59.7 Å². The fourth-order valence-corrected chi connectivity index (χ4v) is 6.56. The van der Waals surface area contributed by atoms with Crippen molar-refractivity contribution in [3.8, 4) is 11.1 Å². The molecule has 2 aliphatic heterocycles. The van der Waals surface area contributed by atoms with Gasteiger partial charge in [0.1, 0.15) is 6.61 Å². The number of hydrogen-bond donors (Lipinski definition) is 0. The Morgan fingerprint density at radius 3 is 2.09 bits per heavy atom. The van der Waals surface area contributed by atoms with Crippen molar-refractivity contribution in [3.63, 3.8) is 0 Å². The highest BCUT2D eigenvalue weighted by Crippen LogP contribution is 2.44. The van der Waals surface area contributed by atoms with Crippen molar-refractivity contribution in [1.82, 2.24) is 9.80 Å². The van der Waals surface area contributed by atoms with E-state index in [1.165, 1.54) is 22.3 Å². The van der Waals surface area contributed by atoms with Gasteiger partial charge in [0.15, 0.2) is 0 Å². The van der Waals surface area contributed by atoms with E-state index < -0.39 is 18.3 Å². The molecular weight excluding hydrogens is 553 g/mol. The molecule has 0 saturated carbocycles. The molecule has 0 atom stereocenters. The minimum atomic E-state index is -0.558. The maximum Gasteiger partial charge on any atom is 0.495 e. The molecule has 6 rings (SSSR count). The van der Waals surface area contributed by atoms with Crippen LogP contribution in [-0.2, 0) is 20.6 Å². The van der Waals surface area contributed by atoms with Crippen LogP contribution in [0.1, 0.15) is 61.4 Å². The van der Waals surface area contributed by atoms with Crippen molar-refractivity contribution in [2.24, 2.45) is 5.11 Å². The average molecular weight is 594 g/mol. The third kappa shape index (κ3) is 5.37. The number of nitrogens with zero attached hydrogens (tertiary/aromatic N) is 5. The third-order valence-electron chi connectivity index (χ3n) is 9.97. The van der Waals surface area contributed by atoms with E-state index in [9.17, 15) is 10.3 Å². The van der Waals surface area contributed by atoms with E-state index >= 15 is 0 Å². The second kappa shape index (κ2) is 11.6.